The van der Waals surface area contributed by atoms with E-state index in [4.69, 9.17) is 0 Å². The van der Waals surface area contributed by atoms with Gasteiger partial charge in [0.15, 0.2) is 5.82 Å². The fourth-order valence-corrected chi connectivity index (χ4v) is 5.16. The van der Waals surface area contributed by atoms with Gasteiger partial charge in [-0.3, -0.25) is 0 Å². The molecule has 3 rings (SSSR count). The summed E-state index contributed by atoms with van der Waals surface area (Å²) in [6, 6.07) is -0.492. The molecule has 9 heteroatoms. The van der Waals surface area contributed by atoms with Gasteiger partial charge in [-0.05, 0) is 36.1 Å². The van der Waals surface area contributed by atoms with Gasteiger partial charge in [0.05, 0.1) is 24.9 Å². The molecule has 2 aliphatic rings. The van der Waals surface area contributed by atoms with Crippen molar-refractivity contribution in [3.8, 4) is 0 Å². The first kappa shape index (κ1) is 15.8. The number of aliphatic hydroxyl groups excluding tert-OH is 1. The lowest BCUT2D eigenvalue weighted by atomic mass is 9.95. The normalized spacial score (nSPS) is 28.3. The molecule has 1 aliphatic heterocycles. The number of tetrazole rings is 1. The van der Waals surface area contributed by atoms with Crippen LogP contribution < -0.4 is 0 Å². The third kappa shape index (κ3) is 2.89. The molecule has 0 aromatic carbocycles. The van der Waals surface area contributed by atoms with Crippen molar-refractivity contribution in [2.75, 3.05) is 12.9 Å². The maximum absolute atomic E-state index is 12.1. The summed E-state index contributed by atoms with van der Waals surface area (Å²) >= 11 is 0. The van der Waals surface area contributed by atoms with E-state index >= 15 is 0 Å². The second-order valence-corrected chi connectivity index (χ2v) is 8.18. The summed E-state index contributed by atoms with van der Waals surface area (Å²) in [7, 11) is -3.42. The predicted molar refractivity (Wildman–Crippen MR) is 79.5 cm³/mol. The molecular formula is C13H23N5O3S. The molecule has 22 heavy (non-hydrogen) atoms. The average molecular weight is 329 g/mol. The Bertz CT molecular complexity index is 611. The second kappa shape index (κ2) is 6.21. The average Bonchev–Trinajstić information content (AvgIpc) is 3.13. The van der Waals surface area contributed by atoms with E-state index in [0.717, 1.165) is 25.7 Å². The van der Waals surface area contributed by atoms with Gasteiger partial charge in [-0.25, -0.2) is 13.1 Å². The molecular weight excluding hydrogens is 306 g/mol. The van der Waals surface area contributed by atoms with Crippen LogP contribution in [0.15, 0.2) is 0 Å². The highest BCUT2D eigenvalue weighted by atomic mass is 32.2. The van der Waals surface area contributed by atoms with Crippen LogP contribution in [0.2, 0.25) is 0 Å². The van der Waals surface area contributed by atoms with E-state index in [1.807, 2.05) is 4.68 Å². The number of aliphatic hydroxyl groups is 1. The number of nitrogens with zero attached hydrogens (tertiary/aromatic N) is 5. The van der Waals surface area contributed by atoms with Gasteiger partial charge in [0.2, 0.25) is 10.0 Å². The van der Waals surface area contributed by atoms with E-state index in [-0.39, 0.29) is 24.7 Å². The van der Waals surface area contributed by atoms with Crippen molar-refractivity contribution >= 4 is 10.0 Å². The Kier molecular flexibility index (Phi) is 4.47. The van der Waals surface area contributed by atoms with Gasteiger partial charge in [0.1, 0.15) is 0 Å². The molecule has 0 spiro atoms. The third-order valence-electron chi connectivity index (χ3n) is 4.77. The van der Waals surface area contributed by atoms with Crippen molar-refractivity contribution in [2.45, 2.75) is 63.1 Å². The van der Waals surface area contributed by atoms with E-state index in [2.05, 4.69) is 15.5 Å². The van der Waals surface area contributed by atoms with Crippen LogP contribution in [-0.4, -0.2) is 56.9 Å². The predicted octanol–water partition coefficient (Wildman–Crippen LogP) is 0.636. The van der Waals surface area contributed by atoms with Gasteiger partial charge in [0, 0.05) is 6.04 Å². The van der Waals surface area contributed by atoms with Crippen molar-refractivity contribution in [2.24, 2.45) is 0 Å². The van der Waals surface area contributed by atoms with E-state index in [9.17, 15) is 13.5 Å². The second-order valence-electron chi connectivity index (χ2n) is 6.30. The van der Waals surface area contributed by atoms with E-state index in [1.54, 1.807) is 0 Å². The summed E-state index contributed by atoms with van der Waals surface area (Å²) in [5.41, 5.74) is 0. The highest BCUT2D eigenvalue weighted by molar-refractivity contribution is 7.88. The molecule has 1 saturated heterocycles. The molecule has 0 amide bonds. The fourth-order valence-electron chi connectivity index (χ4n) is 3.78. The minimum absolute atomic E-state index is 0.172. The Morgan fingerprint density at radius 1 is 1.18 bits per heavy atom. The standard InChI is InChI=1S/C13H23N5O3S/c1-22(20,21)18-11(9-19)7-8-12(18)13-14-15-16-17(13)10-5-3-2-4-6-10/h10-12,19H,2-9H2,1H3/t11-,12-/m0/s1. The molecule has 1 N–H and O–H groups in total. The summed E-state index contributed by atoms with van der Waals surface area (Å²) in [6.07, 6.45) is 8.08. The molecule has 2 fully saturated rings. The smallest absolute Gasteiger partial charge is 0.212 e. The van der Waals surface area contributed by atoms with E-state index < -0.39 is 10.0 Å². The lowest BCUT2D eigenvalue weighted by molar-refractivity contribution is 0.192. The maximum Gasteiger partial charge on any atom is 0.212 e. The first-order valence-electron chi connectivity index (χ1n) is 7.89. The van der Waals surface area contributed by atoms with Gasteiger partial charge in [0.25, 0.3) is 0 Å². The highest BCUT2D eigenvalue weighted by Gasteiger charge is 2.43. The molecule has 1 aliphatic carbocycles. The minimum atomic E-state index is -3.42. The number of rotatable bonds is 4. The Hall–Kier alpha value is -1.06. The summed E-state index contributed by atoms with van der Waals surface area (Å²) < 4.78 is 27.5. The SMILES string of the molecule is CS(=O)(=O)N1[C@H](CO)CC[C@H]1c1nnnn1C1CCCCC1. The quantitative estimate of drug-likeness (QED) is 0.869. The Morgan fingerprint density at radius 2 is 1.91 bits per heavy atom. The van der Waals surface area contributed by atoms with E-state index in [0.29, 0.717) is 18.7 Å². The lowest BCUT2D eigenvalue weighted by Crippen LogP contribution is -2.39. The number of sulfonamides is 1. The zero-order chi connectivity index (χ0) is 15.7. The molecule has 8 nitrogen and oxygen atoms in total. The van der Waals surface area contributed by atoms with Crippen molar-refractivity contribution in [1.82, 2.24) is 24.5 Å². The number of hydrogen-bond donors (Lipinski definition) is 1. The zero-order valence-electron chi connectivity index (χ0n) is 12.8. The Balaban J connectivity index is 1.92. The minimum Gasteiger partial charge on any atom is -0.395 e. The summed E-state index contributed by atoms with van der Waals surface area (Å²) in [5, 5.41) is 21.5. The topological polar surface area (TPSA) is 101 Å². The van der Waals surface area contributed by atoms with E-state index in [1.165, 1.54) is 17.0 Å². The molecule has 124 valence electrons. The zero-order valence-corrected chi connectivity index (χ0v) is 13.6. The summed E-state index contributed by atoms with van der Waals surface area (Å²) in [5.74, 6) is 0.619. The van der Waals surface area contributed by atoms with Gasteiger partial charge < -0.3 is 5.11 Å². The molecule has 0 unspecified atom stereocenters. The largest absolute Gasteiger partial charge is 0.395 e. The van der Waals surface area contributed by atoms with Gasteiger partial charge in [-0.1, -0.05) is 19.3 Å². The lowest BCUT2D eigenvalue weighted by Gasteiger charge is -2.28. The molecule has 1 aromatic rings. The molecule has 2 atom stereocenters. The van der Waals surface area contributed by atoms with Gasteiger partial charge >= 0.3 is 0 Å². The van der Waals surface area contributed by atoms with Crippen LogP contribution in [0.25, 0.3) is 0 Å². The molecule has 1 aromatic heterocycles. The molecule has 0 bridgehead atoms. The monoisotopic (exact) mass is 329 g/mol. The Morgan fingerprint density at radius 3 is 2.55 bits per heavy atom. The molecule has 0 radical (unpaired) electrons. The van der Waals surface area contributed by atoms with Crippen LogP contribution in [0.5, 0.6) is 0 Å². The van der Waals surface area contributed by atoms with Crippen LogP contribution >= 0.6 is 0 Å². The van der Waals surface area contributed by atoms with Crippen LogP contribution in [0.1, 0.15) is 62.9 Å². The molecule has 2 heterocycles. The van der Waals surface area contributed by atoms with Crippen LogP contribution in [0.4, 0.5) is 0 Å². The van der Waals surface area contributed by atoms with Crippen molar-refractivity contribution < 1.29 is 13.5 Å². The van der Waals surface area contributed by atoms with Crippen LogP contribution in [-0.2, 0) is 10.0 Å². The van der Waals surface area contributed by atoms with Crippen LogP contribution in [0.3, 0.4) is 0 Å². The van der Waals surface area contributed by atoms with Crippen LogP contribution in [0, 0.1) is 0 Å². The first-order valence-corrected chi connectivity index (χ1v) is 9.74. The van der Waals surface area contributed by atoms with Gasteiger partial charge in [-0.2, -0.15) is 4.31 Å². The summed E-state index contributed by atoms with van der Waals surface area (Å²) in [4.78, 5) is 0. The Labute approximate surface area is 130 Å². The van der Waals surface area contributed by atoms with Crippen molar-refractivity contribution in [3.63, 3.8) is 0 Å². The fraction of sp³-hybridized carbons (Fsp3) is 0.923. The highest BCUT2D eigenvalue weighted by Crippen LogP contribution is 2.38. The molecule has 1 saturated carbocycles. The summed E-state index contributed by atoms with van der Waals surface area (Å²) in [6.45, 7) is -0.172. The van der Waals surface area contributed by atoms with Crippen molar-refractivity contribution in [3.05, 3.63) is 5.82 Å². The maximum atomic E-state index is 12.1. The number of hydrogen-bond acceptors (Lipinski definition) is 6. The van der Waals surface area contributed by atoms with Gasteiger partial charge in [-0.15, -0.1) is 5.10 Å². The third-order valence-corrected chi connectivity index (χ3v) is 6.09. The first-order chi connectivity index (χ1) is 10.5. The number of aromatic nitrogens is 4. The van der Waals surface area contributed by atoms with Crippen molar-refractivity contribution in [1.29, 1.82) is 0 Å².